The number of rotatable bonds is 2. The van der Waals surface area contributed by atoms with Crippen LogP contribution >= 0.6 is 10.7 Å². The largest absolute Gasteiger partial charge is 0.233 e. The van der Waals surface area contributed by atoms with Crippen molar-refractivity contribution in [1.29, 1.82) is 0 Å². The van der Waals surface area contributed by atoms with Gasteiger partial charge in [-0.25, -0.2) is 8.42 Å². The molecule has 0 saturated carbocycles. The second kappa shape index (κ2) is 2.69. The van der Waals surface area contributed by atoms with Crippen molar-refractivity contribution in [3.8, 4) is 0 Å². The van der Waals surface area contributed by atoms with Crippen molar-refractivity contribution in [2.24, 2.45) is 0 Å². The smallest absolute Gasteiger partial charge is 0.212 e. The van der Waals surface area contributed by atoms with Gasteiger partial charge in [0.05, 0.1) is 5.75 Å². The fourth-order valence-electron chi connectivity index (χ4n) is 0.345. The average molecular weight is 156 g/mol. The van der Waals surface area contributed by atoms with Crippen LogP contribution in [0.25, 0.3) is 0 Å². The van der Waals surface area contributed by atoms with Crippen molar-refractivity contribution in [3.05, 3.63) is 5.92 Å². The summed E-state index contributed by atoms with van der Waals surface area (Å²) >= 11 is 0. The summed E-state index contributed by atoms with van der Waals surface area (Å²) in [6.45, 7) is 3.44. The highest BCUT2D eigenvalue weighted by atomic mass is 35.7. The summed E-state index contributed by atoms with van der Waals surface area (Å²) < 4.78 is 20.4. The summed E-state index contributed by atoms with van der Waals surface area (Å²) in [5.41, 5.74) is 0. The van der Waals surface area contributed by atoms with Gasteiger partial charge in [-0.2, -0.15) is 0 Å². The number of halogens is 1. The molecule has 49 valence electrons. The van der Waals surface area contributed by atoms with Crippen LogP contribution in [0.4, 0.5) is 0 Å². The highest BCUT2D eigenvalue weighted by Gasteiger charge is 2.07. The SMILES string of the molecule is C[C](C)CS(=O)(=O)Cl. The molecule has 0 spiro atoms. The van der Waals surface area contributed by atoms with Gasteiger partial charge in [0, 0.05) is 10.7 Å². The first-order chi connectivity index (χ1) is 3.42. The van der Waals surface area contributed by atoms with Gasteiger partial charge >= 0.3 is 0 Å². The van der Waals surface area contributed by atoms with Crippen LogP contribution in [0.1, 0.15) is 13.8 Å². The van der Waals surface area contributed by atoms with E-state index in [4.69, 9.17) is 10.7 Å². The fraction of sp³-hybridized carbons (Fsp3) is 0.750. The molecule has 0 aromatic carbocycles. The molecule has 4 heteroatoms. The number of hydrogen-bond donors (Lipinski definition) is 0. The highest BCUT2D eigenvalue weighted by Crippen LogP contribution is 2.04. The maximum absolute atomic E-state index is 10.2. The Labute approximate surface area is 54.3 Å². The Bertz CT molecular complexity index is 147. The van der Waals surface area contributed by atoms with E-state index in [-0.39, 0.29) is 5.75 Å². The second-order valence-electron chi connectivity index (χ2n) is 1.89. The van der Waals surface area contributed by atoms with Crippen LogP contribution in [0, 0.1) is 5.92 Å². The highest BCUT2D eigenvalue weighted by molar-refractivity contribution is 8.13. The lowest BCUT2D eigenvalue weighted by atomic mass is 10.3. The predicted molar refractivity (Wildman–Crippen MR) is 34.2 cm³/mol. The standard InChI is InChI=1S/C4H8ClO2S/c1-4(2)3-8(5,6)7/h3H2,1-2H3. The van der Waals surface area contributed by atoms with E-state index in [0.29, 0.717) is 0 Å². The van der Waals surface area contributed by atoms with Gasteiger partial charge in [0.25, 0.3) is 0 Å². The summed E-state index contributed by atoms with van der Waals surface area (Å²) in [6.07, 6.45) is 0. The normalized spacial score (nSPS) is 12.5. The van der Waals surface area contributed by atoms with Crippen molar-refractivity contribution in [2.45, 2.75) is 13.8 Å². The molecule has 0 aliphatic heterocycles. The fourth-order valence-corrected chi connectivity index (χ4v) is 1.69. The third-order valence-corrected chi connectivity index (χ3v) is 1.71. The molecule has 0 atom stereocenters. The first kappa shape index (κ1) is 8.24. The Kier molecular flexibility index (Phi) is 2.77. The molecule has 0 aromatic heterocycles. The third kappa shape index (κ3) is 6.24. The van der Waals surface area contributed by atoms with Crippen LogP contribution in [0.5, 0.6) is 0 Å². The Balaban J connectivity index is 3.75. The molecule has 8 heavy (non-hydrogen) atoms. The molecule has 1 radical (unpaired) electrons. The van der Waals surface area contributed by atoms with E-state index >= 15 is 0 Å². The van der Waals surface area contributed by atoms with E-state index in [0.717, 1.165) is 5.92 Å². The van der Waals surface area contributed by atoms with E-state index in [1.165, 1.54) is 0 Å². The minimum atomic E-state index is -3.29. The molecule has 0 aliphatic carbocycles. The van der Waals surface area contributed by atoms with Crippen LogP contribution in [0.3, 0.4) is 0 Å². The van der Waals surface area contributed by atoms with Gasteiger partial charge in [0.15, 0.2) is 0 Å². The summed E-state index contributed by atoms with van der Waals surface area (Å²) in [5, 5.41) is 0. The zero-order valence-electron chi connectivity index (χ0n) is 4.81. The lowest BCUT2D eigenvalue weighted by Crippen LogP contribution is -2.01. The summed E-state index contributed by atoms with van der Waals surface area (Å²) in [5.74, 6) is 0.786. The summed E-state index contributed by atoms with van der Waals surface area (Å²) in [7, 11) is 1.59. The monoisotopic (exact) mass is 155 g/mol. The maximum Gasteiger partial charge on any atom is 0.233 e. The Morgan fingerprint density at radius 1 is 1.50 bits per heavy atom. The Morgan fingerprint density at radius 3 is 1.88 bits per heavy atom. The van der Waals surface area contributed by atoms with E-state index in [1.54, 1.807) is 13.8 Å². The molecular weight excluding hydrogens is 148 g/mol. The van der Waals surface area contributed by atoms with Crippen molar-refractivity contribution in [2.75, 3.05) is 5.75 Å². The Morgan fingerprint density at radius 2 is 1.88 bits per heavy atom. The van der Waals surface area contributed by atoms with Gasteiger partial charge in [-0.15, -0.1) is 0 Å². The molecule has 2 nitrogen and oxygen atoms in total. The molecule has 0 N–H and O–H groups in total. The van der Waals surface area contributed by atoms with E-state index in [9.17, 15) is 8.42 Å². The van der Waals surface area contributed by atoms with Crippen LogP contribution in [0.15, 0.2) is 0 Å². The van der Waals surface area contributed by atoms with E-state index in [2.05, 4.69) is 0 Å². The van der Waals surface area contributed by atoms with Crippen LogP contribution in [-0.4, -0.2) is 14.2 Å². The quantitative estimate of drug-likeness (QED) is 0.561. The van der Waals surface area contributed by atoms with Crippen LogP contribution in [0.2, 0.25) is 0 Å². The van der Waals surface area contributed by atoms with Gasteiger partial charge in [-0.1, -0.05) is 13.8 Å². The zero-order valence-corrected chi connectivity index (χ0v) is 6.38. The number of hydrogen-bond acceptors (Lipinski definition) is 2. The molecular formula is C4H8ClO2S. The maximum atomic E-state index is 10.2. The van der Waals surface area contributed by atoms with Gasteiger partial charge in [0.2, 0.25) is 9.05 Å². The summed E-state index contributed by atoms with van der Waals surface area (Å²) in [4.78, 5) is 0. The molecule has 0 amide bonds. The predicted octanol–water partition coefficient (Wildman–Crippen LogP) is 1.17. The average Bonchev–Trinajstić information content (AvgIpc) is 1.21. The van der Waals surface area contributed by atoms with Crippen molar-refractivity contribution in [3.63, 3.8) is 0 Å². The molecule has 0 rings (SSSR count). The minimum Gasteiger partial charge on any atom is -0.212 e. The Hall–Kier alpha value is 0.240. The third-order valence-electron chi connectivity index (χ3n) is 0.461. The van der Waals surface area contributed by atoms with Crippen LogP contribution in [-0.2, 0) is 9.05 Å². The molecule has 0 aromatic rings. The molecule has 0 heterocycles. The van der Waals surface area contributed by atoms with E-state index in [1.807, 2.05) is 0 Å². The second-order valence-corrected chi connectivity index (χ2v) is 4.67. The molecule has 0 unspecified atom stereocenters. The van der Waals surface area contributed by atoms with Crippen molar-refractivity contribution < 1.29 is 8.42 Å². The minimum absolute atomic E-state index is 0.0193. The van der Waals surface area contributed by atoms with Crippen molar-refractivity contribution in [1.82, 2.24) is 0 Å². The van der Waals surface area contributed by atoms with Crippen molar-refractivity contribution >= 4 is 19.7 Å². The van der Waals surface area contributed by atoms with Gasteiger partial charge in [0.1, 0.15) is 0 Å². The van der Waals surface area contributed by atoms with Crippen LogP contribution < -0.4 is 0 Å². The summed E-state index contributed by atoms with van der Waals surface area (Å²) in [6, 6.07) is 0. The topological polar surface area (TPSA) is 34.1 Å². The van der Waals surface area contributed by atoms with E-state index < -0.39 is 9.05 Å². The first-order valence-electron chi connectivity index (χ1n) is 2.13. The lowest BCUT2D eigenvalue weighted by Gasteiger charge is -1.95. The van der Waals surface area contributed by atoms with Gasteiger partial charge in [-0.05, 0) is 5.92 Å². The molecule has 0 aliphatic rings. The van der Waals surface area contributed by atoms with Gasteiger partial charge < -0.3 is 0 Å². The zero-order chi connectivity index (χ0) is 6.78. The first-order valence-corrected chi connectivity index (χ1v) is 4.61. The molecule has 0 saturated heterocycles. The van der Waals surface area contributed by atoms with Gasteiger partial charge in [-0.3, -0.25) is 0 Å². The molecule has 0 bridgehead atoms. The lowest BCUT2D eigenvalue weighted by molar-refractivity contribution is 0.609. The molecule has 0 fully saturated rings.